The first-order chi connectivity index (χ1) is 20.5. The molecule has 2 aliphatic rings. The SMILES string of the molecule is C1CC2(CCN1)CC2.C=O.CC.CCC(=O)CCCCCCc1ncc(-c2cc3ccc(C)nc3cc2OC)[nH]1.CN. The predicted octanol–water partition coefficient (Wildman–Crippen LogP) is 6.98. The molecule has 1 aliphatic heterocycles. The van der Waals surface area contributed by atoms with Gasteiger partial charge in [0.1, 0.15) is 24.1 Å². The molecule has 42 heavy (non-hydrogen) atoms. The van der Waals surface area contributed by atoms with Gasteiger partial charge in [-0.2, -0.15) is 0 Å². The number of ketones is 1. The zero-order valence-electron chi connectivity index (χ0n) is 27.0. The highest BCUT2D eigenvalue weighted by Crippen LogP contribution is 2.52. The second-order valence-electron chi connectivity index (χ2n) is 10.5. The molecular weight excluding hydrogens is 526 g/mol. The van der Waals surface area contributed by atoms with Gasteiger partial charge in [-0.15, -0.1) is 0 Å². The van der Waals surface area contributed by atoms with Crippen LogP contribution in [0.1, 0.15) is 96.5 Å². The Labute approximate surface area is 253 Å². The number of aromatic amines is 1. The van der Waals surface area contributed by atoms with Crippen molar-refractivity contribution in [2.75, 3.05) is 27.2 Å². The number of imidazole rings is 1. The number of unbranched alkanes of at least 4 members (excludes halogenated alkanes) is 3. The maximum absolute atomic E-state index is 11.3. The maximum atomic E-state index is 11.3. The highest BCUT2D eigenvalue weighted by atomic mass is 16.5. The summed E-state index contributed by atoms with van der Waals surface area (Å²) in [6.45, 7) is 12.5. The molecule has 0 atom stereocenters. The lowest BCUT2D eigenvalue weighted by Crippen LogP contribution is -2.28. The number of aromatic nitrogens is 3. The van der Waals surface area contributed by atoms with Crippen LogP contribution in [0.25, 0.3) is 22.2 Å². The third-order valence-electron chi connectivity index (χ3n) is 7.70. The van der Waals surface area contributed by atoms with Crippen molar-refractivity contribution in [2.45, 2.75) is 98.3 Å². The second kappa shape index (κ2) is 20.7. The number of H-pyrrole nitrogens is 1. The van der Waals surface area contributed by atoms with E-state index in [1.165, 1.54) is 45.8 Å². The van der Waals surface area contributed by atoms with Crippen molar-refractivity contribution in [3.63, 3.8) is 0 Å². The number of nitrogens with zero attached hydrogens (tertiary/aromatic N) is 2. The molecule has 0 unspecified atom stereocenters. The number of ether oxygens (including phenoxy) is 1. The number of Topliss-reactive ketones (excluding diaryl/α,β-unsaturated/α-hetero) is 1. The van der Waals surface area contributed by atoms with Gasteiger partial charge in [-0.05, 0) is 83.1 Å². The molecule has 2 aromatic heterocycles. The number of pyridine rings is 1. The first-order valence-corrected chi connectivity index (χ1v) is 15.6. The van der Waals surface area contributed by atoms with Gasteiger partial charge in [0.05, 0.1) is 24.5 Å². The summed E-state index contributed by atoms with van der Waals surface area (Å²) in [5.74, 6) is 2.15. The lowest BCUT2D eigenvalue weighted by Gasteiger charge is -2.20. The number of piperidine rings is 1. The molecule has 3 aromatic rings. The lowest BCUT2D eigenvalue weighted by atomic mass is 9.95. The normalized spacial score (nSPS) is 14.1. The quantitative estimate of drug-likeness (QED) is 0.221. The van der Waals surface area contributed by atoms with Crippen LogP contribution in [0.4, 0.5) is 0 Å². The van der Waals surface area contributed by atoms with E-state index in [1.54, 1.807) is 7.11 Å². The average Bonchev–Trinajstić information content (AvgIpc) is 3.62. The molecule has 5 rings (SSSR count). The first kappa shape index (κ1) is 36.9. The summed E-state index contributed by atoms with van der Waals surface area (Å²) in [7, 11) is 3.18. The van der Waals surface area contributed by atoms with Crippen molar-refractivity contribution in [2.24, 2.45) is 11.1 Å². The Morgan fingerprint density at radius 2 is 1.69 bits per heavy atom. The Hall–Kier alpha value is -3.10. The molecule has 234 valence electrons. The summed E-state index contributed by atoms with van der Waals surface area (Å²) in [6, 6.07) is 8.19. The van der Waals surface area contributed by atoms with Gasteiger partial charge < -0.3 is 25.6 Å². The van der Waals surface area contributed by atoms with Crippen molar-refractivity contribution in [1.82, 2.24) is 20.3 Å². The largest absolute Gasteiger partial charge is 0.496 e. The van der Waals surface area contributed by atoms with E-state index >= 15 is 0 Å². The van der Waals surface area contributed by atoms with Gasteiger partial charge in [-0.1, -0.05) is 39.7 Å². The molecule has 1 saturated heterocycles. The molecule has 0 radical (unpaired) electrons. The molecule has 0 bridgehead atoms. The molecule has 1 aromatic carbocycles. The van der Waals surface area contributed by atoms with Crippen LogP contribution in [0.2, 0.25) is 0 Å². The fourth-order valence-corrected chi connectivity index (χ4v) is 5.04. The number of carbonyl (C=O) groups is 2. The summed E-state index contributed by atoms with van der Waals surface area (Å²) in [5, 5.41) is 4.46. The van der Waals surface area contributed by atoms with Crippen molar-refractivity contribution in [1.29, 1.82) is 0 Å². The third kappa shape index (κ3) is 12.0. The molecule has 4 N–H and O–H groups in total. The van der Waals surface area contributed by atoms with Crippen LogP contribution >= 0.6 is 0 Å². The van der Waals surface area contributed by atoms with Crippen LogP contribution in [0.3, 0.4) is 0 Å². The Balaban J connectivity index is 0.000000521. The van der Waals surface area contributed by atoms with Crippen molar-refractivity contribution >= 4 is 23.5 Å². The molecule has 1 saturated carbocycles. The van der Waals surface area contributed by atoms with E-state index in [0.717, 1.165) is 83.4 Å². The van der Waals surface area contributed by atoms with E-state index in [9.17, 15) is 4.79 Å². The van der Waals surface area contributed by atoms with Gasteiger partial charge in [-0.3, -0.25) is 9.78 Å². The number of aryl methyl sites for hydroxylation is 2. The van der Waals surface area contributed by atoms with Gasteiger partial charge in [0.15, 0.2) is 0 Å². The zero-order chi connectivity index (χ0) is 31.4. The maximum Gasteiger partial charge on any atom is 0.132 e. The van der Waals surface area contributed by atoms with E-state index in [2.05, 4.69) is 38.1 Å². The van der Waals surface area contributed by atoms with Crippen molar-refractivity contribution in [3.05, 3.63) is 42.0 Å². The van der Waals surface area contributed by atoms with Crippen LogP contribution in [0.15, 0.2) is 30.5 Å². The highest BCUT2D eigenvalue weighted by Gasteiger charge is 2.42. The Morgan fingerprint density at radius 3 is 2.29 bits per heavy atom. The number of fused-ring (bicyclic) bond motifs is 1. The average molecular weight is 582 g/mol. The number of nitrogens with one attached hydrogen (secondary N) is 2. The summed E-state index contributed by atoms with van der Waals surface area (Å²) < 4.78 is 5.60. The standard InChI is InChI=1S/C23H29N3O2.C7H13N.C2H6.CH5N.CH2O/c1-4-18(27)9-7-5-6-8-10-23-24-15-21(26-23)19-13-17-12-11-16(2)25-20(17)14-22(19)28-3;1-2-7(1)3-5-8-6-4-7;3*1-2/h11-15H,4-10H2,1-3H3,(H,24,26);8H,1-6H2;1-2H3;2H2,1H3;1H2. The molecule has 1 aliphatic carbocycles. The Kier molecular flexibility index (Phi) is 18.2. The second-order valence-corrected chi connectivity index (χ2v) is 10.5. The number of nitrogens with two attached hydrogens (primary N) is 1. The van der Waals surface area contributed by atoms with Crippen molar-refractivity contribution in [3.8, 4) is 17.0 Å². The summed E-state index contributed by atoms with van der Waals surface area (Å²) in [6.07, 6.45) is 14.4. The van der Waals surface area contributed by atoms with E-state index in [1.807, 2.05) is 52.8 Å². The fourth-order valence-electron chi connectivity index (χ4n) is 5.04. The molecule has 1 spiro atoms. The minimum absolute atomic E-state index is 0.366. The van der Waals surface area contributed by atoms with Crippen LogP contribution in [0.5, 0.6) is 5.75 Å². The van der Waals surface area contributed by atoms with Crippen LogP contribution in [-0.4, -0.2) is 54.8 Å². The topological polar surface area (TPSA) is 123 Å². The number of rotatable bonds is 10. The van der Waals surface area contributed by atoms with Crippen LogP contribution < -0.4 is 15.8 Å². The van der Waals surface area contributed by atoms with E-state index in [-0.39, 0.29) is 0 Å². The van der Waals surface area contributed by atoms with Crippen molar-refractivity contribution < 1.29 is 14.3 Å². The molecule has 3 heterocycles. The highest BCUT2D eigenvalue weighted by molar-refractivity contribution is 5.87. The number of carbonyl (C=O) groups excluding carboxylic acids is 2. The van der Waals surface area contributed by atoms with Gasteiger partial charge >= 0.3 is 0 Å². The fraction of sp³-hybridized carbons (Fsp3) is 0.588. The predicted molar refractivity (Wildman–Crippen MR) is 175 cm³/mol. The minimum Gasteiger partial charge on any atom is -0.496 e. The zero-order valence-corrected chi connectivity index (χ0v) is 27.0. The van der Waals surface area contributed by atoms with Gasteiger partial charge in [0.2, 0.25) is 0 Å². The number of hydrogen-bond acceptors (Lipinski definition) is 7. The summed E-state index contributed by atoms with van der Waals surface area (Å²) in [4.78, 5) is 31.9. The minimum atomic E-state index is 0.366. The monoisotopic (exact) mass is 581 g/mol. The van der Waals surface area contributed by atoms with E-state index in [4.69, 9.17) is 9.53 Å². The molecule has 0 amide bonds. The molecular formula is C34H55N5O3. The smallest absolute Gasteiger partial charge is 0.132 e. The molecule has 8 heteroatoms. The Bertz CT molecular complexity index is 1170. The van der Waals surface area contributed by atoms with Crippen LogP contribution in [-0.2, 0) is 16.0 Å². The number of hydrogen-bond donors (Lipinski definition) is 3. The molecule has 8 nitrogen and oxygen atoms in total. The van der Waals surface area contributed by atoms with Gasteiger partial charge in [0, 0.05) is 42.0 Å². The van der Waals surface area contributed by atoms with Gasteiger partial charge in [-0.25, -0.2) is 4.98 Å². The van der Waals surface area contributed by atoms with Gasteiger partial charge in [0.25, 0.3) is 0 Å². The van der Waals surface area contributed by atoms with Crippen LogP contribution in [0, 0.1) is 12.3 Å². The lowest BCUT2D eigenvalue weighted by molar-refractivity contribution is -0.118. The summed E-state index contributed by atoms with van der Waals surface area (Å²) >= 11 is 0. The first-order valence-electron chi connectivity index (χ1n) is 15.6. The number of methoxy groups -OCH3 is 1. The van der Waals surface area contributed by atoms with E-state index < -0.39 is 0 Å². The number of benzene rings is 1. The molecule has 2 fully saturated rings. The summed E-state index contributed by atoms with van der Waals surface area (Å²) in [5.41, 5.74) is 9.25. The Morgan fingerprint density at radius 1 is 1.02 bits per heavy atom. The van der Waals surface area contributed by atoms with E-state index in [0.29, 0.717) is 12.2 Å². The third-order valence-corrected chi connectivity index (χ3v) is 7.70.